The lowest BCUT2D eigenvalue weighted by Crippen LogP contribution is -2.51. The van der Waals surface area contributed by atoms with Gasteiger partial charge < -0.3 is 9.73 Å². The van der Waals surface area contributed by atoms with Crippen molar-refractivity contribution >= 4 is 0 Å². The lowest BCUT2D eigenvalue weighted by Gasteiger charge is -2.38. The molecule has 1 saturated carbocycles. The summed E-state index contributed by atoms with van der Waals surface area (Å²) in [6.07, 6.45) is 4.59. The van der Waals surface area contributed by atoms with Crippen LogP contribution in [-0.4, -0.2) is 48.1 Å². The summed E-state index contributed by atoms with van der Waals surface area (Å²) in [7, 11) is 0. The van der Waals surface area contributed by atoms with Crippen LogP contribution in [0.5, 0.6) is 0 Å². The van der Waals surface area contributed by atoms with E-state index < -0.39 is 0 Å². The fraction of sp³-hybridized carbons (Fsp3) is 0.750. The normalized spacial score (nSPS) is 25.2. The first-order valence-electron chi connectivity index (χ1n) is 8.00. The van der Waals surface area contributed by atoms with Gasteiger partial charge in [0.1, 0.15) is 5.76 Å². The van der Waals surface area contributed by atoms with Crippen molar-refractivity contribution < 1.29 is 4.42 Å². The van der Waals surface area contributed by atoms with Gasteiger partial charge in [-0.1, -0.05) is 6.92 Å². The zero-order chi connectivity index (χ0) is 13.9. The van der Waals surface area contributed by atoms with Crippen molar-refractivity contribution in [1.82, 2.24) is 15.1 Å². The summed E-state index contributed by atoms with van der Waals surface area (Å²) in [6.45, 7) is 11.1. The predicted octanol–water partition coefficient (Wildman–Crippen LogP) is 2.06. The maximum Gasteiger partial charge on any atom is 0.118 e. The number of nitrogens with one attached hydrogen (secondary N) is 1. The fourth-order valence-corrected chi connectivity index (χ4v) is 3.06. The van der Waals surface area contributed by atoms with Gasteiger partial charge in [0, 0.05) is 43.8 Å². The Morgan fingerprint density at radius 1 is 1.35 bits per heavy atom. The van der Waals surface area contributed by atoms with E-state index in [-0.39, 0.29) is 0 Å². The second kappa shape index (κ2) is 6.29. The van der Waals surface area contributed by atoms with Gasteiger partial charge in [-0.15, -0.1) is 0 Å². The molecule has 20 heavy (non-hydrogen) atoms. The number of rotatable bonds is 6. The molecular weight excluding hydrogens is 250 g/mol. The van der Waals surface area contributed by atoms with Gasteiger partial charge >= 0.3 is 0 Å². The average molecular weight is 277 g/mol. The highest BCUT2D eigenvalue weighted by Crippen LogP contribution is 2.20. The molecule has 1 aromatic heterocycles. The van der Waals surface area contributed by atoms with Crippen LogP contribution in [0.25, 0.3) is 0 Å². The summed E-state index contributed by atoms with van der Waals surface area (Å²) in [6, 6.07) is 3.63. The van der Waals surface area contributed by atoms with Crippen LogP contribution in [0.4, 0.5) is 0 Å². The van der Waals surface area contributed by atoms with E-state index in [0.717, 1.165) is 44.5 Å². The quantitative estimate of drug-likeness (QED) is 0.862. The molecule has 1 aromatic rings. The monoisotopic (exact) mass is 277 g/mol. The van der Waals surface area contributed by atoms with Crippen molar-refractivity contribution in [3.8, 4) is 0 Å². The number of furan rings is 1. The molecule has 1 N–H and O–H groups in total. The number of hydrogen-bond acceptors (Lipinski definition) is 4. The Morgan fingerprint density at radius 3 is 2.90 bits per heavy atom. The van der Waals surface area contributed by atoms with E-state index in [1.54, 1.807) is 0 Å². The summed E-state index contributed by atoms with van der Waals surface area (Å²) in [5, 5.41) is 3.53. The highest BCUT2D eigenvalue weighted by atomic mass is 16.3. The van der Waals surface area contributed by atoms with Crippen LogP contribution in [0.3, 0.4) is 0 Å². The average Bonchev–Trinajstić information content (AvgIpc) is 3.17. The van der Waals surface area contributed by atoms with Crippen molar-refractivity contribution in [2.45, 2.75) is 51.9 Å². The molecule has 2 fully saturated rings. The van der Waals surface area contributed by atoms with Gasteiger partial charge in [-0.05, 0) is 32.4 Å². The lowest BCUT2D eigenvalue weighted by atomic mass is 10.2. The third-order valence-electron chi connectivity index (χ3n) is 4.52. The molecule has 112 valence electrons. The molecule has 0 radical (unpaired) electrons. The molecule has 2 aliphatic rings. The molecule has 1 unspecified atom stereocenters. The molecule has 1 saturated heterocycles. The second-order valence-corrected chi connectivity index (χ2v) is 6.29. The molecule has 1 atom stereocenters. The van der Waals surface area contributed by atoms with Gasteiger partial charge in [-0.2, -0.15) is 0 Å². The number of likely N-dealkylation sites (N-methyl/N-ethyl adjacent to an activating group) is 1. The Balaban J connectivity index is 1.47. The Kier molecular flexibility index (Phi) is 4.44. The molecule has 0 aromatic carbocycles. The van der Waals surface area contributed by atoms with Gasteiger partial charge in [0.2, 0.25) is 0 Å². The first kappa shape index (κ1) is 14.1. The van der Waals surface area contributed by atoms with Crippen LogP contribution in [0, 0.1) is 0 Å². The van der Waals surface area contributed by atoms with Crippen LogP contribution in [0.2, 0.25) is 0 Å². The summed E-state index contributed by atoms with van der Waals surface area (Å²) < 4.78 is 5.71. The number of nitrogens with zero attached hydrogens (tertiary/aromatic N) is 2. The van der Waals surface area contributed by atoms with Gasteiger partial charge in [0.05, 0.1) is 12.8 Å². The highest BCUT2D eigenvalue weighted by Gasteiger charge is 2.23. The van der Waals surface area contributed by atoms with E-state index in [9.17, 15) is 0 Å². The van der Waals surface area contributed by atoms with Gasteiger partial charge in [-0.3, -0.25) is 9.80 Å². The molecule has 4 heteroatoms. The van der Waals surface area contributed by atoms with Crippen LogP contribution < -0.4 is 5.32 Å². The molecule has 0 spiro atoms. The van der Waals surface area contributed by atoms with Crippen LogP contribution >= 0.6 is 0 Å². The summed E-state index contributed by atoms with van der Waals surface area (Å²) in [5.41, 5.74) is 1.28. The van der Waals surface area contributed by atoms with E-state index in [1.165, 1.54) is 24.9 Å². The standard InChI is InChI=1S/C16H27N3O/c1-3-19-7-6-18(10-13(19)2)11-16-8-14(12-20-16)9-17-15-4-5-15/h8,12-13,15,17H,3-7,9-11H2,1-2H3. The van der Waals surface area contributed by atoms with Crippen LogP contribution in [-0.2, 0) is 13.1 Å². The molecule has 1 aliphatic heterocycles. The second-order valence-electron chi connectivity index (χ2n) is 6.29. The summed E-state index contributed by atoms with van der Waals surface area (Å²) >= 11 is 0. The van der Waals surface area contributed by atoms with E-state index in [2.05, 4.69) is 35.0 Å². The van der Waals surface area contributed by atoms with Crippen molar-refractivity contribution in [3.05, 3.63) is 23.7 Å². The summed E-state index contributed by atoms with van der Waals surface area (Å²) in [4.78, 5) is 5.05. The molecule has 0 amide bonds. The Bertz CT molecular complexity index is 427. The molecule has 1 aliphatic carbocycles. The van der Waals surface area contributed by atoms with E-state index in [0.29, 0.717) is 6.04 Å². The molecular formula is C16H27N3O. The van der Waals surface area contributed by atoms with Gasteiger partial charge in [0.15, 0.2) is 0 Å². The largest absolute Gasteiger partial charge is 0.468 e. The Hall–Kier alpha value is -0.840. The maximum absolute atomic E-state index is 5.71. The maximum atomic E-state index is 5.71. The minimum atomic E-state index is 0.653. The Morgan fingerprint density at radius 2 is 2.20 bits per heavy atom. The molecule has 2 heterocycles. The van der Waals surface area contributed by atoms with Crippen LogP contribution in [0.15, 0.2) is 16.7 Å². The molecule has 0 bridgehead atoms. The van der Waals surface area contributed by atoms with Crippen molar-refractivity contribution in [2.24, 2.45) is 0 Å². The van der Waals surface area contributed by atoms with Crippen LogP contribution in [0.1, 0.15) is 38.0 Å². The predicted molar refractivity (Wildman–Crippen MR) is 80.6 cm³/mol. The lowest BCUT2D eigenvalue weighted by molar-refractivity contribution is 0.0790. The number of hydrogen-bond donors (Lipinski definition) is 1. The summed E-state index contributed by atoms with van der Waals surface area (Å²) in [5.74, 6) is 1.11. The Labute approximate surface area is 122 Å². The highest BCUT2D eigenvalue weighted by molar-refractivity contribution is 5.13. The van der Waals surface area contributed by atoms with Gasteiger partial charge in [0.25, 0.3) is 0 Å². The molecule has 4 nitrogen and oxygen atoms in total. The first-order valence-corrected chi connectivity index (χ1v) is 8.00. The minimum absolute atomic E-state index is 0.653. The van der Waals surface area contributed by atoms with Gasteiger partial charge in [-0.25, -0.2) is 0 Å². The van der Waals surface area contributed by atoms with E-state index in [1.807, 2.05) is 6.26 Å². The first-order chi connectivity index (χ1) is 9.74. The third kappa shape index (κ3) is 3.62. The van der Waals surface area contributed by atoms with E-state index in [4.69, 9.17) is 4.42 Å². The minimum Gasteiger partial charge on any atom is -0.468 e. The zero-order valence-electron chi connectivity index (χ0n) is 12.8. The van der Waals surface area contributed by atoms with E-state index >= 15 is 0 Å². The van der Waals surface area contributed by atoms with Crippen molar-refractivity contribution in [2.75, 3.05) is 26.2 Å². The van der Waals surface area contributed by atoms with Crippen molar-refractivity contribution in [1.29, 1.82) is 0 Å². The SMILES string of the molecule is CCN1CCN(Cc2cc(CNC3CC3)co2)CC1C. The molecule has 3 rings (SSSR count). The zero-order valence-corrected chi connectivity index (χ0v) is 12.8. The smallest absolute Gasteiger partial charge is 0.118 e. The third-order valence-corrected chi connectivity index (χ3v) is 4.52. The number of piperazine rings is 1. The van der Waals surface area contributed by atoms with Crippen molar-refractivity contribution in [3.63, 3.8) is 0 Å². The topological polar surface area (TPSA) is 31.6 Å². The fourth-order valence-electron chi connectivity index (χ4n) is 3.06.